The number of benzene rings is 2. The number of aromatic nitrogens is 2. The third-order valence-electron chi connectivity index (χ3n) is 19.3. The first kappa shape index (κ1) is 75.2. The van der Waals surface area contributed by atoms with Crippen LogP contribution in [-0.2, 0) is 67.9 Å². The standard InChI is InChI=1S/C35H44ClN3O9S.C28H42N2O8S.C7H3Cl2NO/c1-34(2,3)48-30(41)15-21-9-7-5-4-6-8-10-22-18-35(22,32(43)38-49(44,45)25-12-13-25)19-28(40)27-17-24(20-39(27)31(21)42)46-33-37-26-14-11-23(36)16-29(26)47-33;1-27(2,3)38-24(33)13-18-9-7-5-4-6-8-10-19-15-28(19,26(35)29-39(36,37)21-11-12-21)16-23(32)22-14-20(31)17-30(22)25(18)34;8-4-1-2-5-6(3-4)11-7(9)10-5/h8,10-11,14,16,21-22,24-25,27H,4-7,9,12-13,15,17-20H2,1-3H3,(H,38,43);8,10,18-22,31H,4-7,9,11-17H2,1-3H3,(H,29,35);1-3H/b2*10-8-;/t21-,22-,24-,27+,35-;18-,19-,20-,22+,28-;/m11./s1. The molecule has 6 heterocycles. The smallest absolute Gasteiger partial charge is 0.394 e. The summed E-state index contributed by atoms with van der Waals surface area (Å²) < 4.78 is 82.9. The number of esters is 2. The lowest BCUT2D eigenvalue weighted by molar-refractivity contribution is -0.159. The Morgan fingerprint density at radius 1 is 0.606 bits per heavy atom. The number of aliphatic hydroxyl groups excluding tert-OH is 1. The van der Waals surface area contributed by atoms with Crippen molar-refractivity contribution < 1.29 is 83.3 Å². The number of ketones is 2. The van der Waals surface area contributed by atoms with Crippen molar-refractivity contribution in [1.82, 2.24) is 29.2 Å². The maximum absolute atomic E-state index is 14.3. The van der Waals surface area contributed by atoms with Gasteiger partial charge in [-0.05, 0) is 166 Å². The van der Waals surface area contributed by atoms with E-state index in [1.165, 1.54) is 9.80 Å². The van der Waals surface area contributed by atoms with Crippen molar-refractivity contribution >= 4 is 124 Å². The Labute approximate surface area is 591 Å². The largest absolute Gasteiger partial charge is 0.460 e. The van der Waals surface area contributed by atoms with Crippen LogP contribution in [0.2, 0.25) is 15.4 Å². The van der Waals surface area contributed by atoms with Gasteiger partial charge in [0.25, 0.3) is 5.35 Å². The normalized spacial score (nSPS) is 28.6. The predicted molar refractivity (Wildman–Crippen MR) is 367 cm³/mol. The van der Waals surface area contributed by atoms with Crippen LogP contribution < -0.4 is 14.2 Å². The number of carbonyl (C=O) groups is 8. The predicted octanol–water partition coefficient (Wildman–Crippen LogP) is 10.8. The summed E-state index contributed by atoms with van der Waals surface area (Å²) >= 11 is 17.3. The van der Waals surface area contributed by atoms with Crippen LogP contribution in [-0.4, -0.2) is 148 Å². The number of fused-ring (bicyclic) bond motifs is 6. The molecule has 2 aromatic heterocycles. The van der Waals surface area contributed by atoms with E-state index >= 15 is 0 Å². The monoisotopic (exact) mass is 1470 g/mol. The SMILES string of the molecule is CC(C)(C)OC(=O)C[C@H]1CCCCC/C=C\[C@@H]2C[C@@]2(C(=O)NS(=O)(=O)C2CC2)CC(=O)[C@@H]2C[C@@H](O)CN2C1=O.CC(C)(C)OC(=O)C[C@H]1CCCCC/C=C\[C@@H]2C[C@@]2(C(=O)NS(=O)(=O)C2CC2)CC(=O)[C@@H]2C[C@@H](Oc3nc4ccc(Cl)cc4o3)CN2C1=O.Clc1ccc2nc(Cl)oc2c1. The van der Waals surface area contributed by atoms with E-state index in [9.17, 15) is 60.3 Å². The molecule has 2 saturated heterocycles. The molecule has 0 radical (unpaired) electrons. The first-order valence-corrected chi connectivity index (χ1v) is 38.5. The summed E-state index contributed by atoms with van der Waals surface area (Å²) in [5.74, 6) is -5.80. The Balaban J connectivity index is 0.000000188. The molecule has 0 bridgehead atoms. The van der Waals surface area contributed by atoms with E-state index in [-0.39, 0.29) is 98.3 Å². The zero-order valence-electron chi connectivity index (χ0n) is 56.6. The number of hydrogen-bond donors (Lipinski definition) is 3. The molecule has 4 amide bonds. The lowest BCUT2D eigenvalue weighted by atomic mass is 9.90. The molecule has 540 valence electrons. The number of sulfonamides is 2. The first-order chi connectivity index (χ1) is 46.6. The van der Waals surface area contributed by atoms with Gasteiger partial charge in [-0.3, -0.25) is 47.8 Å². The fourth-order valence-corrected chi connectivity index (χ4v) is 17.0. The number of nitrogens with one attached hydrogen (secondary N) is 2. The molecule has 99 heavy (non-hydrogen) atoms. The molecule has 4 aromatic rings. The minimum absolute atomic E-state index is 0.0259. The second kappa shape index (κ2) is 30.6. The third kappa shape index (κ3) is 19.6. The molecule has 10 atom stereocenters. The fourth-order valence-electron chi connectivity index (χ4n) is 13.7. The van der Waals surface area contributed by atoms with E-state index in [0.717, 1.165) is 50.5 Å². The fraction of sp³-hybridized carbons (Fsp3) is 0.629. The molecular weight excluding hydrogens is 1380 g/mol. The van der Waals surface area contributed by atoms with Gasteiger partial charge in [-0.25, -0.2) is 16.8 Å². The highest BCUT2D eigenvalue weighted by molar-refractivity contribution is 7.91. The zero-order valence-corrected chi connectivity index (χ0v) is 60.5. The number of Topliss-reactive ketones (excluding diaryl/α,β-unsaturated/α-hetero) is 2. The summed E-state index contributed by atoms with van der Waals surface area (Å²) in [6.07, 6.45) is 15.5. The quantitative estimate of drug-likeness (QED) is 0.0876. The summed E-state index contributed by atoms with van der Waals surface area (Å²) in [6, 6.07) is 8.23. The molecule has 6 fully saturated rings. The van der Waals surface area contributed by atoms with Crippen LogP contribution in [0.3, 0.4) is 0 Å². The Morgan fingerprint density at radius 3 is 1.52 bits per heavy atom. The number of amides is 4. The summed E-state index contributed by atoms with van der Waals surface area (Å²) in [5, 5.41) is 10.5. The van der Waals surface area contributed by atoms with Crippen molar-refractivity contribution in [3.05, 3.63) is 76.1 Å². The van der Waals surface area contributed by atoms with Gasteiger partial charge in [0.05, 0.1) is 58.9 Å². The Bertz CT molecular complexity index is 4020. The summed E-state index contributed by atoms with van der Waals surface area (Å²) in [6.45, 7) is 10.6. The number of oxazole rings is 2. The molecule has 0 spiro atoms. The van der Waals surface area contributed by atoms with Crippen LogP contribution >= 0.6 is 34.8 Å². The average Bonchev–Trinajstić information content (AvgIpc) is 1.58. The third-order valence-corrected chi connectivity index (χ3v) is 23.5. The molecule has 8 aliphatic rings. The Morgan fingerprint density at radius 2 is 1.05 bits per heavy atom. The highest BCUT2D eigenvalue weighted by Crippen LogP contribution is 2.59. The maximum Gasteiger partial charge on any atom is 0.394 e. The molecule has 24 nitrogen and oxygen atoms in total. The van der Waals surface area contributed by atoms with Crippen molar-refractivity contribution in [3.8, 4) is 6.08 Å². The van der Waals surface area contributed by atoms with Crippen LogP contribution in [0.15, 0.2) is 69.5 Å². The van der Waals surface area contributed by atoms with Crippen molar-refractivity contribution in [2.75, 3.05) is 13.1 Å². The van der Waals surface area contributed by atoms with E-state index in [0.29, 0.717) is 84.5 Å². The average molecular weight is 1470 g/mol. The van der Waals surface area contributed by atoms with E-state index in [2.05, 4.69) is 19.4 Å². The number of halogens is 3. The molecule has 4 aliphatic carbocycles. The van der Waals surface area contributed by atoms with E-state index in [4.69, 9.17) is 57.8 Å². The van der Waals surface area contributed by atoms with Crippen molar-refractivity contribution in [2.24, 2.45) is 34.5 Å². The topological polar surface area (TPSA) is 335 Å². The number of carbonyl (C=O) groups excluding carboxylic acids is 8. The van der Waals surface area contributed by atoms with Crippen molar-refractivity contribution in [1.29, 1.82) is 0 Å². The van der Waals surface area contributed by atoms with Gasteiger partial charge < -0.3 is 38.0 Å². The van der Waals surface area contributed by atoms with Gasteiger partial charge >= 0.3 is 18.0 Å². The highest BCUT2D eigenvalue weighted by atomic mass is 35.5. The summed E-state index contributed by atoms with van der Waals surface area (Å²) in [4.78, 5) is 120. The van der Waals surface area contributed by atoms with Crippen LogP contribution in [0, 0.1) is 34.5 Å². The van der Waals surface area contributed by atoms with Crippen LogP contribution in [0.4, 0.5) is 0 Å². The molecule has 4 saturated carbocycles. The van der Waals surface area contributed by atoms with Gasteiger partial charge in [0, 0.05) is 66.2 Å². The zero-order chi connectivity index (χ0) is 71.6. The van der Waals surface area contributed by atoms with Gasteiger partial charge in [0.2, 0.25) is 43.7 Å². The second-order valence-electron chi connectivity index (χ2n) is 29.7. The summed E-state index contributed by atoms with van der Waals surface area (Å²) in [7, 11) is -7.62. The van der Waals surface area contributed by atoms with Crippen LogP contribution in [0.25, 0.3) is 22.2 Å². The lowest BCUT2D eigenvalue weighted by Gasteiger charge is -2.29. The van der Waals surface area contributed by atoms with Gasteiger partial charge in [-0.15, -0.1) is 0 Å². The van der Waals surface area contributed by atoms with E-state index < -0.39 is 112 Å². The molecule has 4 aliphatic heterocycles. The minimum Gasteiger partial charge on any atom is -0.460 e. The van der Waals surface area contributed by atoms with E-state index in [1.807, 2.05) is 24.3 Å². The number of hydrogen-bond acceptors (Lipinski definition) is 20. The van der Waals surface area contributed by atoms with Crippen LogP contribution in [0.5, 0.6) is 6.08 Å². The molecular formula is C70H89Cl3N6O18S2. The van der Waals surface area contributed by atoms with Gasteiger partial charge in [-0.2, -0.15) is 9.97 Å². The first-order valence-electron chi connectivity index (χ1n) is 34.3. The Hall–Kier alpha value is -6.45. The maximum atomic E-state index is 14.3. The van der Waals surface area contributed by atoms with Gasteiger partial charge in [0.1, 0.15) is 28.3 Å². The molecule has 29 heteroatoms. The van der Waals surface area contributed by atoms with Gasteiger partial charge in [-0.1, -0.05) is 73.2 Å². The minimum atomic E-state index is -3.83. The lowest BCUT2D eigenvalue weighted by Crippen LogP contribution is -2.46. The van der Waals surface area contributed by atoms with Crippen LogP contribution in [0.1, 0.15) is 183 Å². The number of rotatable bonds is 12. The number of nitrogens with zero attached hydrogens (tertiary/aromatic N) is 4. The molecule has 0 unspecified atom stereocenters. The Kier molecular flexibility index (Phi) is 23.3. The number of aliphatic hydroxyl groups is 1. The molecule has 12 rings (SSSR count). The highest BCUT2D eigenvalue weighted by Gasteiger charge is 2.63. The number of allylic oxidation sites excluding steroid dienone is 4. The van der Waals surface area contributed by atoms with Gasteiger partial charge in [0.15, 0.2) is 22.7 Å². The van der Waals surface area contributed by atoms with Crippen molar-refractivity contribution in [3.63, 3.8) is 0 Å². The molecule has 3 N–H and O–H groups in total. The number of ether oxygens (including phenoxy) is 3. The molecule has 2 aromatic carbocycles. The second-order valence-corrected chi connectivity index (χ2v) is 34.8. The van der Waals surface area contributed by atoms with Crippen molar-refractivity contribution in [2.45, 2.75) is 229 Å². The summed E-state index contributed by atoms with van der Waals surface area (Å²) in [5.41, 5.74) is -1.57. The van der Waals surface area contributed by atoms with E-state index in [1.54, 1.807) is 77.9 Å².